The molecule has 138 valence electrons. The van der Waals surface area contributed by atoms with Crippen LogP contribution in [0.2, 0.25) is 5.02 Å². The zero-order valence-corrected chi connectivity index (χ0v) is 15.3. The molecule has 0 bridgehead atoms. The molecule has 3 aliphatic heterocycles. The first-order chi connectivity index (χ1) is 12.4. The number of halogens is 1. The van der Waals surface area contributed by atoms with Crippen LogP contribution in [0.3, 0.4) is 0 Å². The number of hydrogen-bond donors (Lipinski definition) is 2. The van der Waals surface area contributed by atoms with Crippen LogP contribution in [0.5, 0.6) is 0 Å². The van der Waals surface area contributed by atoms with Gasteiger partial charge in [-0.3, -0.25) is 24.6 Å². The smallest absolute Gasteiger partial charge is 0.250 e. The predicted octanol–water partition coefficient (Wildman–Crippen LogP) is 1.12. The third kappa shape index (κ3) is 2.11. The normalized spacial score (nSPS) is 32.3. The molecule has 2 N–H and O–H groups in total. The molecule has 1 spiro atoms. The van der Waals surface area contributed by atoms with Crippen molar-refractivity contribution in [2.45, 2.75) is 24.9 Å². The van der Waals surface area contributed by atoms with Crippen molar-refractivity contribution < 1.29 is 19.1 Å². The van der Waals surface area contributed by atoms with E-state index < -0.39 is 17.4 Å². The van der Waals surface area contributed by atoms with Gasteiger partial charge in [-0.1, -0.05) is 23.7 Å². The molecule has 7 nitrogen and oxygen atoms in total. The van der Waals surface area contributed by atoms with E-state index in [1.807, 2.05) is 6.92 Å². The molecule has 1 aromatic rings. The van der Waals surface area contributed by atoms with Gasteiger partial charge in [-0.15, -0.1) is 0 Å². The van der Waals surface area contributed by atoms with Gasteiger partial charge in [0.15, 0.2) is 0 Å². The maximum atomic E-state index is 13.1. The van der Waals surface area contributed by atoms with Gasteiger partial charge < -0.3 is 10.1 Å². The molecule has 3 amide bonds. The number of hydrogen-bond acceptors (Lipinski definition) is 5. The molecule has 0 saturated carbocycles. The summed E-state index contributed by atoms with van der Waals surface area (Å²) in [7, 11) is 1.58. The van der Waals surface area contributed by atoms with Crippen LogP contribution in [0.25, 0.3) is 0 Å². The first-order valence-electron chi connectivity index (χ1n) is 8.65. The van der Waals surface area contributed by atoms with Crippen LogP contribution in [-0.2, 0) is 24.7 Å². The molecule has 4 rings (SSSR count). The van der Waals surface area contributed by atoms with E-state index >= 15 is 0 Å². The van der Waals surface area contributed by atoms with Crippen LogP contribution in [0.1, 0.15) is 18.9 Å². The van der Waals surface area contributed by atoms with Gasteiger partial charge in [-0.25, -0.2) is 0 Å². The topological polar surface area (TPSA) is 87.7 Å². The fraction of sp³-hybridized carbons (Fsp3) is 0.500. The van der Waals surface area contributed by atoms with Gasteiger partial charge in [-0.2, -0.15) is 0 Å². The molecule has 2 fully saturated rings. The van der Waals surface area contributed by atoms with E-state index in [1.165, 1.54) is 4.90 Å². The molecular formula is C18H20ClN3O4. The van der Waals surface area contributed by atoms with E-state index in [0.717, 1.165) is 0 Å². The summed E-state index contributed by atoms with van der Waals surface area (Å²) in [5.74, 6) is -2.21. The lowest BCUT2D eigenvalue weighted by atomic mass is 9.76. The van der Waals surface area contributed by atoms with Crippen molar-refractivity contribution in [3.63, 3.8) is 0 Å². The molecule has 4 atom stereocenters. The Kier molecular flexibility index (Phi) is 4.06. The summed E-state index contributed by atoms with van der Waals surface area (Å²) in [6.45, 7) is 2.60. The highest BCUT2D eigenvalue weighted by molar-refractivity contribution is 6.35. The van der Waals surface area contributed by atoms with Gasteiger partial charge in [-0.05, 0) is 19.4 Å². The van der Waals surface area contributed by atoms with Gasteiger partial charge >= 0.3 is 0 Å². The van der Waals surface area contributed by atoms with Crippen LogP contribution < -0.4 is 10.6 Å². The van der Waals surface area contributed by atoms with Gasteiger partial charge in [0, 0.05) is 31.9 Å². The van der Waals surface area contributed by atoms with Crippen molar-refractivity contribution in [1.82, 2.24) is 10.2 Å². The molecule has 8 heteroatoms. The monoisotopic (exact) mass is 377 g/mol. The Morgan fingerprint density at radius 3 is 2.77 bits per heavy atom. The Bertz CT molecular complexity index is 814. The van der Waals surface area contributed by atoms with Crippen LogP contribution >= 0.6 is 11.6 Å². The number of ether oxygens (including phenoxy) is 1. The molecule has 1 aromatic carbocycles. The molecule has 0 radical (unpaired) electrons. The Balaban J connectivity index is 1.77. The minimum Gasteiger partial charge on any atom is -0.385 e. The maximum Gasteiger partial charge on any atom is 0.250 e. The standard InChI is InChI=1S/C18H20ClN3O4/c1-9-12-13(16(24)22(15(12)23)7-4-8-26-2)18(21-9)10-5-3-6-11(19)14(10)20-17(18)25/h3,5-6,9,12-13,21H,4,7-8H2,1-2H3,(H,20,25). The number of amides is 3. The fourth-order valence-electron chi connectivity index (χ4n) is 4.60. The van der Waals surface area contributed by atoms with Gasteiger partial charge in [0.2, 0.25) is 17.7 Å². The largest absolute Gasteiger partial charge is 0.385 e. The minimum absolute atomic E-state index is 0.226. The number of imide groups is 1. The highest BCUT2D eigenvalue weighted by Crippen LogP contribution is 2.53. The molecular weight excluding hydrogens is 358 g/mol. The number of fused-ring (bicyclic) bond motifs is 4. The van der Waals surface area contributed by atoms with Gasteiger partial charge in [0.25, 0.3) is 0 Å². The van der Waals surface area contributed by atoms with Crippen molar-refractivity contribution >= 4 is 35.0 Å². The maximum absolute atomic E-state index is 13.1. The summed E-state index contributed by atoms with van der Waals surface area (Å²) >= 11 is 6.24. The Morgan fingerprint density at radius 1 is 1.27 bits per heavy atom. The van der Waals surface area contributed by atoms with E-state index in [4.69, 9.17) is 16.3 Å². The number of rotatable bonds is 4. The van der Waals surface area contributed by atoms with Gasteiger partial charge in [0.05, 0.1) is 22.5 Å². The first-order valence-corrected chi connectivity index (χ1v) is 9.03. The summed E-state index contributed by atoms with van der Waals surface area (Å²) < 4.78 is 5.02. The first kappa shape index (κ1) is 17.5. The molecule has 0 aromatic heterocycles. The SMILES string of the molecule is COCCCN1C(=O)C2C(C)NC3(C(=O)Nc4c(Cl)cccc43)C2C1=O. The van der Waals surface area contributed by atoms with Crippen LogP contribution in [0, 0.1) is 11.8 Å². The Hall–Kier alpha value is -1.96. The number of nitrogens with one attached hydrogen (secondary N) is 2. The number of methoxy groups -OCH3 is 1. The Labute approximate surface area is 156 Å². The van der Waals surface area contributed by atoms with Crippen molar-refractivity contribution in [3.8, 4) is 0 Å². The number of para-hydroxylation sites is 1. The summed E-state index contributed by atoms with van der Waals surface area (Å²) in [4.78, 5) is 40.3. The van der Waals surface area contributed by atoms with Crippen LogP contribution in [0.4, 0.5) is 5.69 Å². The van der Waals surface area contributed by atoms with E-state index in [2.05, 4.69) is 10.6 Å². The van der Waals surface area contributed by atoms with Crippen LogP contribution in [-0.4, -0.2) is 48.9 Å². The summed E-state index contributed by atoms with van der Waals surface area (Å²) in [6, 6.07) is 4.92. The number of carbonyl (C=O) groups excluding carboxylic acids is 3. The molecule has 3 aliphatic rings. The number of anilines is 1. The second kappa shape index (κ2) is 6.04. The third-order valence-corrected chi connectivity index (χ3v) is 5.98. The second-order valence-electron chi connectivity index (χ2n) is 7.04. The average molecular weight is 378 g/mol. The van der Waals surface area contributed by atoms with E-state index in [0.29, 0.717) is 35.8 Å². The third-order valence-electron chi connectivity index (χ3n) is 5.67. The quantitative estimate of drug-likeness (QED) is 0.606. The molecule has 26 heavy (non-hydrogen) atoms. The summed E-state index contributed by atoms with van der Waals surface area (Å²) in [6.07, 6.45) is 0.566. The molecule has 3 heterocycles. The van der Waals surface area contributed by atoms with Crippen molar-refractivity contribution in [2.75, 3.05) is 25.6 Å². The van der Waals surface area contributed by atoms with E-state index in [1.54, 1.807) is 25.3 Å². The summed E-state index contributed by atoms with van der Waals surface area (Å²) in [5, 5.41) is 6.46. The molecule has 4 unspecified atom stereocenters. The van der Waals surface area contributed by atoms with E-state index in [-0.39, 0.29) is 23.8 Å². The molecule has 2 saturated heterocycles. The number of nitrogens with zero attached hydrogens (tertiary/aromatic N) is 1. The van der Waals surface area contributed by atoms with Gasteiger partial charge in [0.1, 0.15) is 5.54 Å². The summed E-state index contributed by atoms with van der Waals surface area (Å²) in [5.41, 5.74) is -0.112. The fourth-order valence-corrected chi connectivity index (χ4v) is 4.82. The zero-order chi connectivity index (χ0) is 18.6. The lowest BCUT2D eigenvalue weighted by Gasteiger charge is -2.29. The highest BCUT2D eigenvalue weighted by atomic mass is 35.5. The highest BCUT2D eigenvalue weighted by Gasteiger charge is 2.69. The predicted molar refractivity (Wildman–Crippen MR) is 94.6 cm³/mol. The average Bonchev–Trinajstić information content (AvgIpc) is 3.16. The minimum atomic E-state index is -1.26. The van der Waals surface area contributed by atoms with Crippen molar-refractivity contribution in [3.05, 3.63) is 28.8 Å². The number of likely N-dealkylation sites (tertiary alicyclic amines) is 1. The Morgan fingerprint density at radius 2 is 2.04 bits per heavy atom. The zero-order valence-electron chi connectivity index (χ0n) is 14.5. The van der Waals surface area contributed by atoms with Crippen molar-refractivity contribution in [1.29, 1.82) is 0 Å². The lowest BCUT2D eigenvalue weighted by Crippen LogP contribution is -2.53. The molecule has 0 aliphatic carbocycles. The number of benzene rings is 1. The van der Waals surface area contributed by atoms with E-state index in [9.17, 15) is 14.4 Å². The number of carbonyl (C=O) groups is 3. The lowest BCUT2D eigenvalue weighted by molar-refractivity contribution is -0.143. The van der Waals surface area contributed by atoms with Crippen molar-refractivity contribution in [2.24, 2.45) is 11.8 Å². The second-order valence-corrected chi connectivity index (χ2v) is 7.44. The van der Waals surface area contributed by atoms with Crippen LogP contribution in [0.15, 0.2) is 18.2 Å².